The summed E-state index contributed by atoms with van der Waals surface area (Å²) in [5.41, 5.74) is 10.1. The van der Waals surface area contributed by atoms with E-state index in [-0.39, 0.29) is 17.5 Å². The number of hydrogen-bond donors (Lipinski definition) is 6. The zero-order valence-electron chi connectivity index (χ0n) is 27.6. The molecule has 0 unspecified atom stereocenters. The minimum Gasteiger partial charge on any atom is -0.490 e. The minimum absolute atomic E-state index is 0.0163. The number of aromatic nitrogens is 1. The van der Waals surface area contributed by atoms with Gasteiger partial charge in [-0.1, -0.05) is 19.1 Å². The third-order valence-electron chi connectivity index (χ3n) is 7.00. The van der Waals surface area contributed by atoms with Gasteiger partial charge in [0.15, 0.2) is 11.5 Å². The number of nitrogens with two attached hydrogens (primary N) is 1. The summed E-state index contributed by atoms with van der Waals surface area (Å²) in [6.07, 6.45) is -6.10. The Morgan fingerprint density at radius 3 is 2.00 bits per heavy atom. The monoisotopic (exact) mass is 733 g/mol. The van der Waals surface area contributed by atoms with Crippen LogP contribution in [0.5, 0.6) is 11.5 Å². The van der Waals surface area contributed by atoms with Crippen LogP contribution in [-0.2, 0) is 27.3 Å². The SMILES string of the molecule is CCOc1cc2ncc(C(N)=O)c(Nc3cccc(CNC(=O)[C@@H]4CCCN4)c3CC)c2cc1OCC.O=C(O)C(F)(F)F.O=C(O)C(F)(F)F. The highest BCUT2D eigenvalue weighted by Crippen LogP contribution is 2.38. The van der Waals surface area contributed by atoms with Gasteiger partial charge in [-0.25, -0.2) is 9.59 Å². The number of halogens is 6. The van der Waals surface area contributed by atoms with Crippen LogP contribution in [0, 0.1) is 0 Å². The number of rotatable bonds is 11. The molecule has 2 heterocycles. The summed E-state index contributed by atoms with van der Waals surface area (Å²) >= 11 is 0. The predicted molar refractivity (Wildman–Crippen MR) is 172 cm³/mol. The number of anilines is 2. The number of primary amides is 1. The number of nitrogens with zero attached hydrogens (tertiary/aromatic N) is 1. The Labute approximate surface area is 287 Å². The number of benzene rings is 2. The topological polar surface area (TPSA) is 202 Å². The van der Waals surface area contributed by atoms with Crippen LogP contribution in [0.1, 0.15) is 55.1 Å². The molecular formula is C32H37F6N5O8. The van der Waals surface area contributed by atoms with Crippen LogP contribution in [0.15, 0.2) is 36.5 Å². The van der Waals surface area contributed by atoms with E-state index in [0.29, 0.717) is 47.8 Å². The summed E-state index contributed by atoms with van der Waals surface area (Å²) in [6, 6.07) is 9.40. The van der Waals surface area contributed by atoms with E-state index in [1.807, 2.05) is 44.2 Å². The molecule has 51 heavy (non-hydrogen) atoms. The molecule has 13 nitrogen and oxygen atoms in total. The van der Waals surface area contributed by atoms with E-state index < -0.39 is 30.2 Å². The molecular weight excluding hydrogens is 696 g/mol. The number of pyridine rings is 1. The number of amides is 2. The number of carboxylic acid groups (broad SMARTS) is 2. The molecule has 0 saturated carbocycles. The Kier molecular flexibility index (Phi) is 15.3. The van der Waals surface area contributed by atoms with Gasteiger partial charge in [-0.05, 0) is 62.9 Å². The fraction of sp³-hybridized carbons (Fsp3) is 0.406. The maximum atomic E-state index is 12.5. The quantitative estimate of drug-likeness (QED) is 0.144. The van der Waals surface area contributed by atoms with E-state index in [4.69, 9.17) is 35.0 Å². The number of nitrogens with one attached hydrogen (secondary N) is 3. The lowest BCUT2D eigenvalue weighted by Gasteiger charge is -2.20. The number of aliphatic carboxylic acids is 2. The van der Waals surface area contributed by atoms with Crippen LogP contribution in [-0.4, -0.2) is 77.1 Å². The van der Waals surface area contributed by atoms with E-state index in [9.17, 15) is 35.9 Å². The van der Waals surface area contributed by atoms with Gasteiger partial charge in [0.05, 0.1) is 36.0 Å². The maximum absolute atomic E-state index is 12.5. The lowest BCUT2D eigenvalue weighted by molar-refractivity contribution is -0.193. The van der Waals surface area contributed by atoms with Crippen molar-refractivity contribution in [2.45, 2.75) is 65.0 Å². The lowest BCUT2D eigenvalue weighted by Crippen LogP contribution is -2.40. The Balaban J connectivity index is 0.000000543. The highest BCUT2D eigenvalue weighted by Gasteiger charge is 2.39. The van der Waals surface area contributed by atoms with E-state index in [2.05, 4.69) is 27.9 Å². The van der Waals surface area contributed by atoms with Crippen molar-refractivity contribution in [1.29, 1.82) is 0 Å². The van der Waals surface area contributed by atoms with Gasteiger partial charge in [0, 0.05) is 29.9 Å². The second kappa shape index (κ2) is 18.6. The molecule has 1 aliphatic rings. The fourth-order valence-electron chi connectivity index (χ4n) is 4.74. The molecule has 0 spiro atoms. The molecule has 4 rings (SSSR count). The van der Waals surface area contributed by atoms with Crippen molar-refractivity contribution < 1.29 is 65.2 Å². The highest BCUT2D eigenvalue weighted by molar-refractivity contribution is 6.08. The summed E-state index contributed by atoms with van der Waals surface area (Å²) in [4.78, 5) is 47.2. The first-order chi connectivity index (χ1) is 23.8. The smallest absolute Gasteiger partial charge is 0.490 e. The molecule has 2 amide bonds. The van der Waals surface area contributed by atoms with Gasteiger partial charge in [-0.15, -0.1) is 0 Å². The van der Waals surface area contributed by atoms with Gasteiger partial charge in [0.2, 0.25) is 5.91 Å². The van der Waals surface area contributed by atoms with Crippen LogP contribution in [0.3, 0.4) is 0 Å². The maximum Gasteiger partial charge on any atom is 0.490 e. The van der Waals surface area contributed by atoms with Gasteiger partial charge in [-0.3, -0.25) is 14.6 Å². The summed E-state index contributed by atoms with van der Waals surface area (Å²) < 4.78 is 75.0. The van der Waals surface area contributed by atoms with Gasteiger partial charge in [0.1, 0.15) is 0 Å². The molecule has 0 aliphatic carbocycles. The van der Waals surface area contributed by atoms with E-state index in [1.165, 1.54) is 6.20 Å². The van der Waals surface area contributed by atoms with Crippen LogP contribution in [0.4, 0.5) is 37.7 Å². The Bertz CT molecular complexity index is 1670. The molecule has 280 valence electrons. The number of carbonyl (C=O) groups is 4. The molecule has 1 aliphatic heterocycles. The number of fused-ring (bicyclic) bond motifs is 1. The number of carboxylic acids is 2. The third kappa shape index (κ3) is 12.2. The summed E-state index contributed by atoms with van der Waals surface area (Å²) in [5.74, 6) is -4.93. The fourth-order valence-corrected chi connectivity index (χ4v) is 4.74. The average molecular weight is 734 g/mol. The normalized spacial score (nSPS) is 13.9. The first kappa shape index (κ1) is 41.8. The minimum atomic E-state index is -5.08. The van der Waals surface area contributed by atoms with Crippen molar-refractivity contribution in [2.24, 2.45) is 5.73 Å². The predicted octanol–water partition coefficient (Wildman–Crippen LogP) is 5.07. The van der Waals surface area contributed by atoms with Crippen LogP contribution >= 0.6 is 0 Å². The van der Waals surface area contributed by atoms with Crippen molar-refractivity contribution in [3.05, 3.63) is 53.2 Å². The summed E-state index contributed by atoms with van der Waals surface area (Å²) in [5, 5.41) is 24.7. The van der Waals surface area contributed by atoms with E-state index >= 15 is 0 Å². The van der Waals surface area contributed by atoms with Crippen molar-refractivity contribution in [3.8, 4) is 11.5 Å². The molecule has 19 heteroatoms. The Hall–Kier alpha value is -5.33. The standard InChI is InChI=1S/C28H35N5O4.2C2HF3O2/c1-4-18-17(15-32-28(35)22-11-8-12-30-22)9-7-10-21(18)33-26-19-13-24(36-5-2)25(37-6-3)14-23(19)31-16-20(26)27(29)34;2*3-2(4,5)1(6)7/h7,9-10,13-14,16,22,30H,4-6,8,11-12,15H2,1-3H3,(H2,29,34)(H,31,33)(H,32,35);2*(H,6,7)/t22-;;/m0../s1. The second-order valence-electron chi connectivity index (χ2n) is 10.5. The van der Waals surface area contributed by atoms with Crippen LogP contribution in [0.25, 0.3) is 10.9 Å². The number of alkyl halides is 6. The first-order valence-electron chi connectivity index (χ1n) is 15.4. The zero-order valence-corrected chi connectivity index (χ0v) is 27.6. The molecule has 1 aromatic heterocycles. The van der Waals surface area contributed by atoms with Gasteiger partial charge >= 0.3 is 24.3 Å². The average Bonchev–Trinajstić information content (AvgIpc) is 3.59. The molecule has 1 fully saturated rings. The van der Waals surface area contributed by atoms with Crippen molar-refractivity contribution in [3.63, 3.8) is 0 Å². The first-order valence-corrected chi connectivity index (χ1v) is 15.4. The van der Waals surface area contributed by atoms with Crippen LogP contribution < -0.4 is 31.2 Å². The largest absolute Gasteiger partial charge is 0.490 e. The molecule has 0 radical (unpaired) electrons. The van der Waals surface area contributed by atoms with Crippen molar-refractivity contribution in [1.82, 2.24) is 15.6 Å². The molecule has 2 aromatic carbocycles. The van der Waals surface area contributed by atoms with Crippen LogP contribution in [0.2, 0.25) is 0 Å². The summed E-state index contributed by atoms with van der Waals surface area (Å²) in [6.45, 7) is 8.10. The zero-order chi connectivity index (χ0) is 38.5. The summed E-state index contributed by atoms with van der Waals surface area (Å²) in [7, 11) is 0. The number of ether oxygens (including phenoxy) is 2. The molecule has 1 atom stereocenters. The number of hydrogen-bond acceptors (Lipinski definition) is 9. The van der Waals surface area contributed by atoms with Crippen molar-refractivity contribution >= 4 is 46.0 Å². The lowest BCUT2D eigenvalue weighted by atomic mass is 10.0. The third-order valence-corrected chi connectivity index (χ3v) is 7.00. The van der Waals surface area contributed by atoms with Gasteiger partial charge in [-0.2, -0.15) is 26.3 Å². The Morgan fingerprint density at radius 2 is 1.53 bits per heavy atom. The van der Waals surface area contributed by atoms with E-state index in [1.54, 1.807) is 0 Å². The molecule has 1 saturated heterocycles. The molecule has 7 N–H and O–H groups in total. The second-order valence-corrected chi connectivity index (χ2v) is 10.5. The van der Waals surface area contributed by atoms with Gasteiger partial charge < -0.3 is 41.4 Å². The van der Waals surface area contributed by atoms with Crippen molar-refractivity contribution in [2.75, 3.05) is 25.1 Å². The van der Waals surface area contributed by atoms with Gasteiger partial charge in [0.25, 0.3) is 5.91 Å². The van der Waals surface area contributed by atoms with E-state index in [0.717, 1.165) is 42.6 Å². The molecule has 0 bridgehead atoms. The number of carbonyl (C=O) groups excluding carboxylic acids is 2. The Morgan fingerprint density at radius 1 is 0.961 bits per heavy atom. The highest BCUT2D eigenvalue weighted by atomic mass is 19.4. The molecule has 3 aromatic rings.